The number of aliphatic hydroxyl groups excluding tert-OH is 1. The van der Waals surface area contributed by atoms with Gasteiger partial charge in [-0.25, -0.2) is 0 Å². The summed E-state index contributed by atoms with van der Waals surface area (Å²) in [5.41, 5.74) is -0.0685. The van der Waals surface area contributed by atoms with Crippen LogP contribution in [0.4, 0.5) is 0 Å². The van der Waals surface area contributed by atoms with E-state index in [4.69, 9.17) is 4.74 Å². The second-order valence-electron chi connectivity index (χ2n) is 6.76. The number of rotatable bonds is 6. The van der Waals surface area contributed by atoms with Gasteiger partial charge in [-0.2, -0.15) is 0 Å². The maximum atomic E-state index is 9.69. The molecule has 0 amide bonds. The van der Waals surface area contributed by atoms with Crippen molar-refractivity contribution in [2.24, 2.45) is 5.92 Å². The first-order valence-corrected chi connectivity index (χ1v) is 8.19. The van der Waals surface area contributed by atoms with Crippen LogP contribution in [0.1, 0.15) is 65.2 Å². The molecule has 2 N–H and O–H groups in total. The summed E-state index contributed by atoms with van der Waals surface area (Å²) < 4.78 is 6.31. The van der Waals surface area contributed by atoms with Crippen molar-refractivity contribution in [3.05, 3.63) is 0 Å². The maximum Gasteiger partial charge on any atom is 0.0614 e. The largest absolute Gasteiger partial charge is 0.394 e. The van der Waals surface area contributed by atoms with Crippen molar-refractivity contribution in [2.75, 3.05) is 13.2 Å². The molecule has 19 heavy (non-hydrogen) atoms. The van der Waals surface area contributed by atoms with Gasteiger partial charge in [-0.05, 0) is 51.0 Å². The van der Waals surface area contributed by atoms with Crippen LogP contribution in [0.15, 0.2) is 0 Å². The lowest BCUT2D eigenvalue weighted by molar-refractivity contribution is -0.0395. The Hall–Kier alpha value is -0.120. The standard InChI is InChI=1S/C16H31NO2/c1-3-9-17-16(12-18)8-7-15(11-16)19-14-6-4-5-13(2)10-14/h13-15,17-18H,3-12H2,1-2H3. The molecular weight excluding hydrogens is 238 g/mol. The second kappa shape index (κ2) is 7.05. The second-order valence-corrected chi connectivity index (χ2v) is 6.76. The molecule has 2 saturated carbocycles. The molecule has 0 aliphatic heterocycles. The zero-order valence-corrected chi connectivity index (χ0v) is 12.7. The molecule has 0 heterocycles. The summed E-state index contributed by atoms with van der Waals surface area (Å²) in [5.74, 6) is 0.820. The summed E-state index contributed by atoms with van der Waals surface area (Å²) in [6, 6.07) is 0. The van der Waals surface area contributed by atoms with Crippen molar-refractivity contribution < 1.29 is 9.84 Å². The van der Waals surface area contributed by atoms with E-state index in [2.05, 4.69) is 19.2 Å². The molecule has 0 radical (unpaired) electrons. The molecular formula is C16H31NO2. The first-order chi connectivity index (χ1) is 9.17. The minimum Gasteiger partial charge on any atom is -0.394 e. The monoisotopic (exact) mass is 269 g/mol. The third kappa shape index (κ3) is 4.17. The lowest BCUT2D eigenvalue weighted by Crippen LogP contribution is -2.47. The van der Waals surface area contributed by atoms with Crippen LogP contribution in [0.3, 0.4) is 0 Å². The molecule has 4 atom stereocenters. The van der Waals surface area contributed by atoms with Gasteiger partial charge in [0.25, 0.3) is 0 Å². The molecule has 112 valence electrons. The van der Waals surface area contributed by atoms with E-state index in [0.29, 0.717) is 12.2 Å². The highest BCUT2D eigenvalue weighted by Gasteiger charge is 2.39. The van der Waals surface area contributed by atoms with Gasteiger partial charge in [0.1, 0.15) is 0 Å². The molecule has 4 unspecified atom stereocenters. The van der Waals surface area contributed by atoms with Gasteiger partial charge in [0.2, 0.25) is 0 Å². The van der Waals surface area contributed by atoms with E-state index in [1.807, 2.05) is 0 Å². The zero-order chi connectivity index (χ0) is 13.7. The molecule has 0 aromatic rings. The van der Waals surface area contributed by atoms with E-state index >= 15 is 0 Å². The highest BCUT2D eigenvalue weighted by Crippen LogP contribution is 2.35. The number of aliphatic hydroxyl groups is 1. The molecule has 0 bridgehead atoms. The molecule has 2 fully saturated rings. The van der Waals surface area contributed by atoms with Gasteiger partial charge >= 0.3 is 0 Å². The molecule has 0 aromatic heterocycles. The van der Waals surface area contributed by atoms with Crippen molar-refractivity contribution in [1.29, 1.82) is 0 Å². The summed E-state index contributed by atoms with van der Waals surface area (Å²) in [6.07, 6.45) is 10.2. The molecule has 3 nitrogen and oxygen atoms in total. The van der Waals surface area contributed by atoms with Crippen molar-refractivity contribution in [2.45, 2.75) is 83.0 Å². The maximum absolute atomic E-state index is 9.69. The van der Waals surface area contributed by atoms with Crippen molar-refractivity contribution in [1.82, 2.24) is 5.32 Å². The van der Waals surface area contributed by atoms with Crippen LogP contribution in [0.5, 0.6) is 0 Å². The Morgan fingerprint density at radius 1 is 1.26 bits per heavy atom. The Kier molecular flexibility index (Phi) is 5.67. The number of hydrogen-bond donors (Lipinski definition) is 2. The highest BCUT2D eigenvalue weighted by molar-refractivity contribution is 4.97. The molecule has 2 aliphatic rings. The Morgan fingerprint density at radius 2 is 2.11 bits per heavy atom. The molecule has 0 spiro atoms. The SMILES string of the molecule is CCCNC1(CO)CCC(OC2CCCC(C)C2)C1. The number of hydrogen-bond acceptors (Lipinski definition) is 3. The van der Waals surface area contributed by atoms with Gasteiger partial charge in [0.05, 0.1) is 18.8 Å². The lowest BCUT2D eigenvalue weighted by atomic mass is 9.88. The number of ether oxygens (including phenoxy) is 1. The van der Waals surface area contributed by atoms with Crippen molar-refractivity contribution in [3.8, 4) is 0 Å². The minimum absolute atomic E-state index is 0.0685. The Bertz CT molecular complexity index is 271. The molecule has 2 rings (SSSR count). The Morgan fingerprint density at radius 3 is 2.79 bits per heavy atom. The first-order valence-electron chi connectivity index (χ1n) is 8.19. The molecule has 0 saturated heterocycles. The van der Waals surface area contributed by atoms with Crippen molar-refractivity contribution in [3.63, 3.8) is 0 Å². The normalized spacial score (nSPS) is 39.6. The van der Waals surface area contributed by atoms with E-state index in [1.165, 1.54) is 25.7 Å². The lowest BCUT2D eigenvalue weighted by Gasteiger charge is -2.31. The predicted octanol–water partition coefficient (Wildman–Crippen LogP) is 2.86. The predicted molar refractivity (Wildman–Crippen MR) is 78.3 cm³/mol. The van der Waals surface area contributed by atoms with E-state index in [1.54, 1.807) is 0 Å². The summed E-state index contributed by atoms with van der Waals surface area (Å²) >= 11 is 0. The summed E-state index contributed by atoms with van der Waals surface area (Å²) in [7, 11) is 0. The Balaban J connectivity index is 1.80. The van der Waals surface area contributed by atoms with Gasteiger partial charge in [0.15, 0.2) is 0 Å². The van der Waals surface area contributed by atoms with Crippen LogP contribution < -0.4 is 5.32 Å². The smallest absolute Gasteiger partial charge is 0.0614 e. The van der Waals surface area contributed by atoms with Gasteiger partial charge in [-0.1, -0.05) is 26.7 Å². The average Bonchev–Trinajstić information content (AvgIpc) is 2.80. The summed E-state index contributed by atoms with van der Waals surface area (Å²) in [4.78, 5) is 0. The third-order valence-electron chi connectivity index (χ3n) is 4.89. The highest BCUT2D eigenvalue weighted by atomic mass is 16.5. The van der Waals surface area contributed by atoms with Gasteiger partial charge in [-0.15, -0.1) is 0 Å². The zero-order valence-electron chi connectivity index (χ0n) is 12.7. The van der Waals surface area contributed by atoms with Crippen LogP contribution in [-0.4, -0.2) is 36.0 Å². The fourth-order valence-corrected chi connectivity index (χ4v) is 3.72. The van der Waals surface area contributed by atoms with E-state index in [0.717, 1.165) is 38.1 Å². The topological polar surface area (TPSA) is 41.5 Å². The molecule has 3 heteroatoms. The molecule has 2 aliphatic carbocycles. The molecule has 0 aromatic carbocycles. The van der Waals surface area contributed by atoms with Gasteiger partial charge in [-0.3, -0.25) is 0 Å². The van der Waals surface area contributed by atoms with E-state index in [9.17, 15) is 5.11 Å². The summed E-state index contributed by atoms with van der Waals surface area (Å²) in [5, 5.41) is 13.2. The fraction of sp³-hybridized carbons (Fsp3) is 1.00. The summed E-state index contributed by atoms with van der Waals surface area (Å²) in [6.45, 7) is 5.75. The van der Waals surface area contributed by atoms with Crippen LogP contribution in [0, 0.1) is 5.92 Å². The van der Waals surface area contributed by atoms with Crippen LogP contribution >= 0.6 is 0 Å². The van der Waals surface area contributed by atoms with Crippen LogP contribution in [0.2, 0.25) is 0 Å². The van der Waals surface area contributed by atoms with Crippen molar-refractivity contribution >= 4 is 0 Å². The fourth-order valence-electron chi connectivity index (χ4n) is 3.72. The van der Waals surface area contributed by atoms with Gasteiger partial charge < -0.3 is 15.2 Å². The van der Waals surface area contributed by atoms with E-state index < -0.39 is 0 Å². The van der Waals surface area contributed by atoms with Crippen LogP contribution in [0.25, 0.3) is 0 Å². The van der Waals surface area contributed by atoms with E-state index in [-0.39, 0.29) is 12.1 Å². The first kappa shape index (κ1) is 15.3. The van der Waals surface area contributed by atoms with Gasteiger partial charge in [0, 0.05) is 5.54 Å². The minimum atomic E-state index is -0.0685. The number of nitrogens with one attached hydrogen (secondary N) is 1. The third-order valence-corrected chi connectivity index (χ3v) is 4.89. The quantitative estimate of drug-likeness (QED) is 0.779. The van der Waals surface area contributed by atoms with Crippen LogP contribution in [-0.2, 0) is 4.74 Å². The average molecular weight is 269 g/mol. The Labute approximate surface area is 118 Å².